The van der Waals surface area contributed by atoms with Gasteiger partial charge in [-0.25, -0.2) is 4.79 Å². The van der Waals surface area contributed by atoms with Gasteiger partial charge in [0.1, 0.15) is 18.1 Å². The lowest BCUT2D eigenvalue weighted by atomic mass is 10.0. The van der Waals surface area contributed by atoms with Crippen molar-refractivity contribution in [2.75, 3.05) is 20.3 Å². The topological polar surface area (TPSA) is 99.4 Å². The van der Waals surface area contributed by atoms with Crippen molar-refractivity contribution in [3.05, 3.63) is 99.2 Å². The first-order valence-electron chi connectivity index (χ1n) is 11.9. The quantitative estimate of drug-likeness (QED) is 0.135. The molecule has 3 aromatic carbocycles. The maximum absolute atomic E-state index is 12.7. The molecule has 1 unspecified atom stereocenters. The van der Waals surface area contributed by atoms with Crippen molar-refractivity contribution >= 4 is 33.2 Å². The number of carbonyl (C=O) groups is 1. The van der Waals surface area contributed by atoms with E-state index in [0.717, 1.165) is 38.2 Å². The van der Waals surface area contributed by atoms with Crippen LogP contribution in [-0.2, 0) is 27.2 Å². The van der Waals surface area contributed by atoms with Gasteiger partial charge in [-0.1, -0.05) is 65.0 Å². The highest BCUT2D eigenvalue weighted by Crippen LogP contribution is 2.22. The highest BCUT2D eigenvalue weighted by atomic mass is 32.1. The number of carbonyl (C=O) groups excluding carboxylic acids is 1. The lowest BCUT2D eigenvalue weighted by Crippen LogP contribution is -2.28. The number of hydrogen-bond acceptors (Lipinski definition) is 8. The number of aromatic nitrogens is 1. The van der Waals surface area contributed by atoms with Gasteiger partial charge in [0.25, 0.3) is 0 Å². The summed E-state index contributed by atoms with van der Waals surface area (Å²) in [5.74, 6) is 0.263. The van der Waals surface area contributed by atoms with Gasteiger partial charge < -0.3 is 19.4 Å². The fourth-order valence-corrected chi connectivity index (χ4v) is 4.99. The molecule has 9 heteroatoms. The number of rotatable bonds is 11. The minimum Gasteiger partial charge on any atom is -0.492 e. The number of ether oxygens (including phenoxy) is 3. The molecular formula is C28H28N2O6S. The van der Waals surface area contributed by atoms with Crippen LogP contribution in [0.5, 0.6) is 5.75 Å². The number of fused-ring (bicyclic) bond motifs is 1. The molecule has 0 amide bonds. The van der Waals surface area contributed by atoms with E-state index < -0.39 is 12.1 Å². The van der Waals surface area contributed by atoms with Gasteiger partial charge in [-0.05, 0) is 36.8 Å². The Morgan fingerprint density at radius 2 is 1.81 bits per heavy atom. The van der Waals surface area contributed by atoms with Gasteiger partial charge in [0.05, 0.1) is 23.9 Å². The Labute approximate surface area is 218 Å². The first kappa shape index (κ1) is 26.1. The van der Waals surface area contributed by atoms with Gasteiger partial charge in [-0.2, -0.15) is 0 Å². The standard InChI is InChI=1S/C28H28N2O6S/c1-3-35-24(27(31)34-2)17-19-9-12-22(13-10-19)36-16-15-30-23-14-11-21(18-25(23)37-28(30)32)26(29-33)20-7-5-4-6-8-20/h4-14,18,24,33H,3,15-17H2,1-2H3/b29-26-. The number of thiazole rings is 1. The Hall–Kier alpha value is -3.95. The second-order valence-electron chi connectivity index (χ2n) is 8.18. The Morgan fingerprint density at radius 3 is 2.49 bits per heavy atom. The van der Waals surface area contributed by atoms with Crippen LogP contribution in [0.25, 0.3) is 10.2 Å². The van der Waals surface area contributed by atoms with Crippen LogP contribution in [0.2, 0.25) is 0 Å². The molecule has 4 rings (SSSR count). The summed E-state index contributed by atoms with van der Waals surface area (Å²) in [5, 5.41) is 13.1. The molecule has 37 heavy (non-hydrogen) atoms. The minimum absolute atomic E-state index is 0.0851. The van der Waals surface area contributed by atoms with Crippen LogP contribution >= 0.6 is 11.3 Å². The predicted octanol–water partition coefficient (Wildman–Crippen LogP) is 4.49. The summed E-state index contributed by atoms with van der Waals surface area (Å²) >= 11 is 1.14. The summed E-state index contributed by atoms with van der Waals surface area (Å²) < 4.78 is 18.6. The zero-order valence-electron chi connectivity index (χ0n) is 20.6. The Morgan fingerprint density at radius 1 is 1.05 bits per heavy atom. The number of esters is 1. The molecule has 1 heterocycles. The van der Waals surface area contributed by atoms with Gasteiger partial charge in [0, 0.05) is 24.2 Å². The number of oxime groups is 1. The van der Waals surface area contributed by atoms with Crippen LogP contribution < -0.4 is 9.61 Å². The lowest BCUT2D eigenvalue weighted by Gasteiger charge is -2.15. The maximum Gasteiger partial charge on any atom is 0.335 e. The molecule has 0 fully saturated rings. The molecule has 0 spiro atoms. The first-order chi connectivity index (χ1) is 18.0. The van der Waals surface area contributed by atoms with Gasteiger partial charge in [0.2, 0.25) is 0 Å². The van der Waals surface area contributed by atoms with Crippen LogP contribution in [0.3, 0.4) is 0 Å². The molecule has 0 saturated heterocycles. The van der Waals surface area contributed by atoms with Crippen LogP contribution in [0.1, 0.15) is 23.6 Å². The fourth-order valence-electron chi connectivity index (χ4n) is 4.04. The van der Waals surface area contributed by atoms with Crippen molar-refractivity contribution in [3.8, 4) is 5.75 Å². The maximum atomic E-state index is 12.7. The third kappa shape index (κ3) is 6.25. The van der Waals surface area contributed by atoms with Crippen LogP contribution in [0.4, 0.5) is 0 Å². The van der Waals surface area contributed by atoms with E-state index in [1.165, 1.54) is 7.11 Å². The molecule has 0 aliphatic rings. The molecule has 4 aromatic rings. The van der Waals surface area contributed by atoms with Crippen molar-refractivity contribution in [1.82, 2.24) is 4.57 Å². The number of nitrogens with zero attached hydrogens (tertiary/aromatic N) is 2. The van der Waals surface area contributed by atoms with Gasteiger partial charge in [-0.3, -0.25) is 9.36 Å². The monoisotopic (exact) mass is 520 g/mol. The molecule has 0 aliphatic carbocycles. The van der Waals surface area contributed by atoms with E-state index in [0.29, 0.717) is 37.6 Å². The molecule has 1 atom stereocenters. The number of methoxy groups -OCH3 is 1. The van der Waals surface area contributed by atoms with Crippen molar-refractivity contribution in [1.29, 1.82) is 0 Å². The minimum atomic E-state index is -0.645. The Bertz CT molecular complexity index is 1430. The fraction of sp³-hybridized carbons (Fsp3) is 0.250. The van der Waals surface area contributed by atoms with Crippen molar-refractivity contribution in [2.45, 2.75) is 26.0 Å². The summed E-state index contributed by atoms with van der Waals surface area (Å²) in [5.41, 5.74) is 3.68. The summed E-state index contributed by atoms with van der Waals surface area (Å²) in [4.78, 5) is 24.5. The van der Waals surface area contributed by atoms with E-state index >= 15 is 0 Å². The molecule has 0 saturated carbocycles. The highest BCUT2D eigenvalue weighted by molar-refractivity contribution is 7.16. The number of hydrogen-bond donors (Lipinski definition) is 1. The smallest absolute Gasteiger partial charge is 0.335 e. The summed E-state index contributed by atoms with van der Waals surface area (Å²) in [6.07, 6.45) is -0.236. The molecule has 1 aromatic heterocycles. The number of benzene rings is 3. The molecular weight excluding hydrogens is 492 g/mol. The Kier molecular flexibility index (Phi) is 8.71. The zero-order valence-corrected chi connectivity index (χ0v) is 21.4. The third-order valence-corrected chi connectivity index (χ3v) is 6.79. The molecule has 8 nitrogen and oxygen atoms in total. The van der Waals surface area contributed by atoms with Crippen molar-refractivity contribution < 1.29 is 24.2 Å². The zero-order chi connectivity index (χ0) is 26.2. The van der Waals surface area contributed by atoms with E-state index in [-0.39, 0.29) is 4.87 Å². The molecule has 0 aliphatic heterocycles. The third-order valence-electron chi connectivity index (χ3n) is 5.85. The van der Waals surface area contributed by atoms with Gasteiger partial charge in [-0.15, -0.1) is 0 Å². The van der Waals surface area contributed by atoms with Crippen molar-refractivity contribution in [2.24, 2.45) is 5.16 Å². The molecule has 192 valence electrons. The average molecular weight is 521 g/mol. The molecule has 1 N–H and O–H groups in total. The summed E-state index contributed by atoms with van der Waals surface area (Å²) in [6.45, 7) is 2.94. The van der Waals surface area contributed by atoms with Crippen LogP contribution in [-0.4, -0.2) is 47.9 Å². The molecule has 0 radical (unpaired) electrons. The Balaban J connectivity index is 1.41. The van der Waals surface area contributed by atoms with E-state index in [1.807, 2.05) is 79.7 Å². The summed E-state index contributed by atoms with van der Waals surface area (Å²) in [6, 6.07) is 22.4. The first-order valence-corrected chi connectivity index (χ1v) is 12.7. The van der Waals surface area contributed by atoms with E-state index in [4.69, 9.17) is 14.2 Å². The predicted molar refractivity (Wildman–Crippen MR) is 143 cm³/mol. The largest absolute Gasteiger partial charge is 0.492 e. The van der Waals surface area contributed by atoms with Crippen LogP contribution in [0, 0.1) is 0 Å². The van der Waals surface area contributed by atoms with E-state index in [1.54, 1.807) is 4.57 Å². The second-order valence-corrected chi connectivity index (χ2v) is 9.17. The summed E-state index contributed by atoms with van der Waals surface area (Å²) in [7, 11) is 1.34. The normalized spacial score (nSPS) is 12.4. The second kappa shape index (κ2) is 12.3. The SMILES string of the molecule is CCOC(Cc1ccc(OCCn2c(=O)sc3cc(/C(=N\O)c4ccccc4)ccc32)cc1)C(=O)OC. The van der Waals surface area contributed by atoms with Gasteiger partial charge in [0.15, 0.2) is 6.10 Å². The van der Waals surface area contributed by atoms with E-state index in [9.17, 15) is 14.8 Å². The average Bonchev–Trinajstić information content (AvgIpc) is 3.24. The highest BCUT2D eigenvalue weighted by Gasteiger charge is 2.20. The van der Waals surface area contributed by atoms with E-state index in [2.05, 4.69) is 5.16 Å². The van der Waals surface area contributed by atoms with Crippen LogP contribution in [0.15, 0.2) is 82.7 Å². The van der Waals surface area contributed by atoms with Gasteiger partial charge >= 0.3 is 10.8 Å². The lowest BCUT2D eigenvalue weighted by molar-refractivity contribution is -0.153. The molecule has 0 bridgehead atoms. The van der Waals surface area contributed by atoms with Crippen molar-refractivity contribution in [3.63, 3.8) is 0 Å².